The maximum Gasteiger partial charge on any atom is 0.320 e. The van der Waals surface area contributed by atoms with Crippen LogP contribution in [0.5, 0.6) is 5.75 Å². The number of nitrogens with one attached hydrogen (secondary N) is 2. The van der Waals surface area contributed by atoms with Gasteiger partial charge in [0.2, 0.25) is 0 Å². The van der Waals surface area contributed by atoms with Gasteiger partial charge in [0.15, 0.2) is 0 Å². The van der Waals surface area contributed by atoms with Gasteiger partial charge in [-0.05, 0) is 56.6 Å². The molecule has 186 valence electrons. The van der Waals surface area contributed by atoms with Gasteiger partial charge in [-0.25, -0.2) is 18.9 Å². The number of pyridine rings is 2. The average Bonchev–Trinajstić information content (AvgIpc) is 3.29. The molecule has 1 aliphatic rings. The van der Waals surface area contributed by atoms with Crippen molar-refractivity contribution in [2.45, 2.75) is 32.4 Å². The molecule has 0 bridgehead atoms. The van der Waals surface area contributed by atoms with Crippen molar-refractivity contribution >= 4 is 22.8 Å². The third-order valence-corrected chi connectivity index (χ3v) is 6.34. The molecule has 0 unspecified atom stereocenters. The van der Waals surface area contributed by atoms with Crippen LogP contribution in [0, 0.1) is 12.7 Å². The molecular formula is C26H28FN7O2. The van der Waals surface area contributed by atoms with Crippen molar-refractivity contribution in [3.05, 3.63) is 72.1 Å². The summed E-state index contributed by atoms with van der Waals surface area (Å²) in [7, 11) is 1.54. The minimum Gasteiger partial charge on any atom is -0.496 e. The number of hydrogen-bond acceptors (Lipinski definition) is 6. The van der Waals surface area contributed by atoms with E-state index >= 15 is 0 Å². The maximum atomic E-state index is 14.4. The number of halogens is 1. The van der Waals surface area contributed by atoms with Gasteiger partial charge in [0.05, 0.1) is 30.7 Å². The third kappa shape index (κ3) is 5.13. The number of carbonyl (C=O) groups excluding carboxylic acids is 1. The SMILES string of the molecule is COc1cccc(F)c1CN1CCC[C@@H](NC(=O)Nc2cc3cnn(-c4ccnc(C)c4)c3cn2)C1. The monoisotopic (exact) mass is 489 g/mol. The van der Waals surface area contributed by atoms with Crippen molar-refractivity contribution in [2.75, 3.05) is 25.5 Å². The molecule has 1 fully saturated rings. The second kappa shape index (κ2) is 10.3. The quantitative estimate of drug-likeness (QED) is 0.424. The Morgan fingerprint density at radius 2 is 2.11 bits per heavy atom. The predicted octanol–water partition coefficient (Wildman–Crippen LogP) is 4.06. The smallest absolute Gasteiger partial charge is 0.320 e. The number of amides is 2. The lowest BCUT2D eigenvalue weighted by molar-refractivity contribution is 0.180. The van der Waals surface area contributed by atoms with Gasteiger partial charge in [0.25, 0.3) is 0 Å². The van der Waals surface area contributed by atoms with Crippen LogP contribution in [0.15, 0.2) is 55.0 Å². The van der Waals surface area contributed by atoms with Crippen molar-refractivity contribution in [2.24, 2.45) is 0 Å². The Kier molecular flexibility index (Phi) is 6.77. The number of carbonyl (C=O) groups is 1. The molecule has 1 atom stereocenters. The van der Waals surface area contributed by atoms with Crippen LogP contribution < -0.4 is 15.4 Å². The highest BCUT2D eigenvalue weighted by Crippen LogP contribution is 2.25. The highest BCUT2D eigenvalue weighted by atomic mass is 19.1. The number of aryl methyl sites for hydroxylation is 1. The molecule has 3 aromatic heterocycles. The topological polar surface area (TPSA) is 97.2 Å². The van der Waals surface area contributed by atoms with E-state index in [2.05, 4.69) is 30.6 Å². The van der Waals surface area contributed by atoms with Crippen LogP contribution in [0.2, 0.25) is 0 Å². The van der Waals surface area contributed by atoms with E-state index in [0.29, 0.717) is 30.2 Å². The molecule has 4 aromatic rings. The summed E-state index contributed by atoms with van der Waals surface area (Å²) in [6.45, 7) is 3.80. The van der Waals surface area contributed by atoms with Crippen LogP contribution in [0.3, 0.4) is 0 Å². The number of ether oxygens (including phenoxy) is 1. The van der Waals surface area contributed by atoms with Gasteiger partial charge < -0.3 is 10.1 Å². The zero-order chi connectivity index (χ0) is 25.1. The summed E-state index contributed by atoms with van der Waals surface area (Å²) in [6.07, 6.45) is 6.93. The van der Waals surface area contributed by atoms with Crippen molar-refractivity contribution in [3.63, 3.8) is 0 Å². The molecule has 9 nitrogen and oxygen atoms in total. The number of piperidine rings is 1. The van der Waals surface area contributed by atoms with E-state index in [1.54, 1.807) is 48.6 Å². The van der Waals surface area contributed by atoms with E-state index in [0.717, 1.165) is 41.7 Å². The van der Waals surface area contributed by atoms with E-state index in [-0.39, 0.29) is 17.9 Å². The number of methoxy groups -OCH3 is 1. The number of anilines is 1. The first-order valence-electron chi connectivity index (χ1n) is 11.9. The Hall–Kier alpha value is -4.05. The average molecular weight is 490 g/mol. The zero-order valence-electron chi connectivity index (χ0n) is 20.2. The normalized spacial score (nSPS) is 16.1. The second-order valence-corrected chi connectivity index (χ2v) is 8.93. The Labute approximate surface area is 208 Å². The molecule has 1 aromatic carbocycles. The van der Waals surface area contributed by atoms with Crippen LogP contribution in [0.25, 0.3) is 16.6 Å². The molecule has 0 saturated carbocycles. The zero-order valence-corrected chi connectivity index (χ0v) is 20.2. The first-order valence-corrected chi connectivity index (χ1v) is 11.9. The molecule has 36 heavy (non-hydrogen) atoms. The van der Waals surface area contributed by atoms with Crippen LogP contribution in [0.4, 0.5) is 15.0 Å². The van der Waals surface area contributed by atoms with Crippen LogP contribution in [-0.2, 0) is 6.54 Å². The summed E-state index contributed by atoms with van der Waals surface area (Å²) in [5.41, 5.74) is 3.16. The number of likely N-dealkylation sites (tertiary alicyclic amines) is 1. The molecule has 2 amide bonds. The van der Waals surface area contributed by atoms with E-state index in [4.69, 9.17) is 4.74 Å². The van der Waals surface area contributed by atoms with Gasteiger partial charge in [0, 0.05) is 42.0 Å². The summed E-state index contributed by atoms with van der Waals surface area (Å²) in [5, 5.41) is 11.2. The van der Waals surface area contributed by atoms with Gasteiger partial charge in [-0.1, -0.05) is 6.07 Å². The largest absolute Gasteiger partial charge is 0.496 e. The fourth-order valence-electron chi connectivity index (χ4n) is 4.62. The van der Waals surface area contributed by atoms with Gasteiger partial charge in [-0.3, -0.25) is 15.2 Å². The van der Waals surface area contributed by atoms with Gasteiger partial charge >= 0.3 is 6.03 Å². The van der Waals surface area contributed by atoms with Crippen LogP contribution in [-0.4, -0.2) is 56.9 Å². The first kappa shape index (κ1) is 23.7. The lowest BCUT2D eigenvalue weighted by Crippen LogP contribution is -2.48. The Balaban J connectivity index is 1.21. The van der Waals surface area contributed by atoms with E-state index < -0.39 is 0 Å². The first-order chi connectivity index (χ1) is 17.5. The molecule has 1 aliphatic heterocycles. The van der Waals surface area contributed by atoms with Crippen molar-refractivity contribution in [1.82, 2.24) is 30.0 Å². The summed E-state index contributed by atoms with van der Waals surface area (Å²) in [6, 6.07) is 10.1. The molecule has 4 heterocycles. The minimum absolute atomic E-state index is 0.0575. The maximum absolute atomic E-state index is 14.4. The molecule has 0 radical (unpaired) electrons. The van der Waals surface area contributed by atoms with Crippen molar-refractivity contribution in [3.8, 4) is 11.4 Å². The molecule has 5 rings (SSSR count). The van der Waals surface area contributed by atoms with E-state index in [9.17, 15) is 9.18 Å². The highest BCUT2D eigenvalue weighted by molar-refractivity contribution is 5.91. The van der Waals surface area contributed by atoms with Gasteiger partial charge in [-0.2, -0.15) is 5.10 Å². The van der Waals surface area contributed by atoms with Gasteiger partial charge in [-0.15, -0.1) is 0 Å². The summed E-state index contributed by atoms with van der Waals surface area (Å²) < 4.78 is 21.5. The highest BCUT2D eigenvalue weighted by Gasteiger charge is 2.23. The predicted molar refractivity (Wildman–Crippen MR) is 135 cm³/mol. The number of hydrogen-bond donors (Lipinski definition) is 2. The lowest BCUT2D eigenvalue weighted by atomic mass is 10.0. The fraction of sp³-hybridized carbons (Fsp3) is 0.308. The number of benzene rings is 1. The second-order valence-electron chi connectivity index (χ2n) is 8.93. The molecule has 10 heteroatoms. The van der Waals surface area contributed by atoms with Gasteiger partial charge in [0.1, 0.15) is 17.4 Å². The number of aromatic nitrogens is 4. The lowest BCUT2D eigenvalue weighted by Gasteiger charge is -2.33. The number of urea groups is 1. The molecule has 0 spiro atoms. The number of nitrogens with zero attached hydrogens (tertiary/aromatic N) is 5. The Morgan fingerprint density at radius 3 is 2.94 bits per heavy atom. The van der Waals surface area contributed by atoms with E-state index in [1.807, 2.05) is 19.1 Å². The van der Waals surface area contributed by atoms with Crippen molar-refractivity contribution in [1.29, 1.82) is 0 Å². The summed E-state index contributed by atoms with van der Waals surface area (Å²) in [5.74, 6) is 0.687. The number of rotatable bonds is 6. The molecule has 0 aliphatic carbocycles. The fourth-order valence-corrected chi connectivity index (χ4v) is 4.62. The molecular weight excluding hydrogens is 461 g/mol. The minimum atomic E-state index is -0.325. The molecule has 2 N–H and O–H groups in total. The summed E-state index contributed by atoms with van der Waals surface area (Å²) >= 11 is 0. The Bertz CT molecular complexity index is 1390. The standard InChI is InChI=1S/C26H28FN7O2/c1-17-11-20(8-9-28-17)34-23-14-29-25(12-18(23)13-30-34)32-26(35)31-19-5-4-10-33(15-19)16-21-22(27)6-3-7-24(21)36-2/h3,6-9,11-14,19H,4-5,10,15-16H2,1-2H3,(H2,29,31,32,35)/t19-/m1/s1. The van der Waals surface area contributed by atoms with E-state index in [1.165, 1.54) is 6.07 Å². The molecule has 1 saturated heterocycles. The third-order valence-electron chi connectivity index (χ3n) is 6.34. The van der Waals surface area contributed by atoms with Crippen LogP contribution in [0.1, 0.15) is 24.1 Å². The number of fused-ring (bicyclic) bond motifs is 1. The Morgan fingerprint density at radius 1 is 1.22 bits per heavy atom. The summed E-state index contributed by atoms with van der Waals surface area (Å²) in [4.78, 5) is 23.5. The van der Waals surface area contributed by atoms with Crippen molar-refractivity contribution < 1.29 is 13.9 Å². The van der Waals surface area contributed by atoms with Crippen LogP contribution >= 0.6 is 0 Å².